The highest BCUT2D eigenvalue weighted by Crippen LogP contribution is 2.28. The van der Waals surface area contributed by atoms with Crippen LogP contribution in [0.15, 0.2) is 58.9 Å². The van der Waals surface area contributed by atoms with Gasteiger partial charge in [-0.3, -0.25) is 4.79 Å². The topological polar surface area (TPSA) is 82.3 Å². The molecule has 2 aromatic heterocycles. The molecule has 1 saturated heterocycles. The van der Waals surface area contributed by atoms with E-state index in [1.54, 1.807) is 23.1 Å². The van der Waals surface area contributed by atoms with Crippen molar-refractivity contribution in [3.05, 3.63) is 75.7 Å². The van der Waals surface area contributed by atoms with Crippen LogP contribution in [-0.4, -0.2) is 48.2 Å². The number of nitrogens with one attached hydrogen (secondary N) is 2. The summed E-state index contributed by atoms with van der Waals surface area (Å²) in [5.74, 6) is 1.66. The maximum atomic E-state index is 13.1. The van der Waals surface area contributed by atoms with Gasteiger partial charge in [-0.15, -0.1) is 11.3 Å². The number of H-pyrrole nitrogens is 1. The van der Waals surface area contributed by atoms with E-state index >= 15 is 0 Å². The first-order valence-electron chi connectivity index (χ1n) is 10.6. The van der Waals surface area contributed by atoms with Gasteiger partial charge in [0, 0.05) is 35.7 Å². The fraction of sp³-hybridized carbons (Fsp3) is 0.348. The summed E-state index contributed by atoms with van der Waals surface area (Å²) in [5.41, 5.74) is 2.45. The van der Waals surface area contributed by atoms with Gasteiger partial charge in [0.1, 0.15) is 10.6 Å². The van der Waals surface area contributed by atoms with Gasteiger partial charge in [-0.25, -0.2) is 8.42 Å². The molecule has 9 heteroatoms. The number of carbonyl (C=O) groups excluding carboxylic acids is 1. The maximum Gasteiger partial charge on any atom is 0.268 e. The molecule has 4 rings (SSSR count). The van der Waals surface area contributed by atoms with Gasteiger partial charge in [0.25, 0.3) is 5.91 Å². The van der Waals surface area contributed by atoms with E-state index in [-0.39, 0.29) is 22.5 Å². The van der Waals surface area contributed by atoms with Crippen molar-refractivity contribution in [2.45, 2.75) is 30.7 Å². The van der Waals surface area contributed by atoms with Crippen molar-refractivity contribution in [2.24, 2.45) is 0 Å². The van der Waals surface area contributed by atoms with E-state index < -0.39 is 10.0 Å². The molecule has 0 aliphatic carbocycles. The van der Waals surface area contributed by atoms with Crippen molar-refractivity contribution in [1.29, 1.82) is 0 Å². The standard InChI is InChI=1S/C23H27N3O3S3/c1-16(2)17-5-7-18(8-6-17)22(21-4-3-11-31-21)25-23(27)20-14-19(15-24-20)32(28,29)26-9-12-30-13-10-26/h3-8,11,14-16,22,24H,9-10,12-13H2,1-2H3,(H,25,27). The van der Waals surface area contributed by atoms with Crippen molar-refractivity contribution in [3.63, 3.8) is 0 Å². The number of sulfonamides is 1. The van der Waals surface area contributed by atoms with Gasteiger partial charge in [-0.2, -0.15) is 16.1 Å². The monoisotopic (exact) mass is 489 g/mol. The zero-order valence-corrected chi connectivity index (χ0v) is 20.5. The van der Waals surface area contributed by atoms with E-state index in [1.807, 2.05) is 29.6 Å². The Labute approximate surface area is 197 Å². The van der Waals surface area contributed by atoms with Gasteiger partial charge >= 0.3 is 0 Å². The molecule has 0 saturated carbocycles. The summed E-state index contributed by atoms with van der Waals surface area (Å²) >= 11 is 3.32. The smallest absolute Gasteiger partial charge is 0.268 e. The third-order valence-electron chi connectivity index (χ3n) is 5.55. The number of carbonyl (C=O) groups is 1. The molecular weight excluding hydrogens is 462 g/mol. The molecule has 0 bridgehead atoms. The van der Waals surface area contributed by atoms with Crippen molar-refractivity contribution >= 4 is 39.0 Å². The molecule has 0 spiro atoms. The molecular formula is C23H27N3O3S3. The van der Waals surface area contributed by atoms with E-state index in [0.717, 1.165) is 21.9 Å². The Kier molecular flexibility index (Phi) is 7.09. The molecule has 170 valence electrons. The Morgan fingerprint density at radius 3 is 2.41 bits per heavy atom. The number of thiophene rings is 1. The van der Waals surface area contributed by atoms with Crippen molar-refractivity contribution < 1.29 is 13.2 Å². The quantitative estimate of drug-likeness (QED) is 0.514. The van der Waals surface area contributed by atoms with Gasteiger partial charge in [-0.1, -0.05) is 44.2 Å². The third-order valence-corrected chi connectivity index (χ3v) is 9.30. The lowest BCUT2D eigenvalue weighted by Gasteiger charge is -2.24. The second-order valence-corrected chi connectivity index (χ2v) is 12.2. The average Bonchev–Trinajstić information content (AvgIpc) is 3.51. The molecule has 1 fully saturated rings. The minimum absolute atomic E-state index is 0.128. The van der Waals surface area contributed by atoms with E-state index in [9.17, 15) is 13.2 Å². The normalized spacial score (nSPS) is 16.2. The second kappa shape index (κ2) is 9.82. The largest absolute Gasteiger partial charge is 0.356 e. The fourth-order valence-electron chi connectivity index (χ4n) is 3.65. The van der Waals surface area contributed by atoms with Crippen LogP contribution in [0.3, 0.4) is 0 Å². The number of rotatable bonds is 7. The molecule has 3 aromatic rings. The van der Waals surface area contributed by atoms with E-state index in [1.165, 1.54) is 22.1 Å². The van der Waals surface area contributed by atoms with Crippen LogP contribution in [0, 0.1) is 0 Å². The van der Waals surface area contributed by atoms with Crippen molar-refractivity contribution in [3.8, 4) is 0 Å². The molecule has 2 N–H and O–H groups in total. The molecule has 6 nitrogen and oxygen atoms in total. The Hall–Kier alpha value is -2.07. The average molecular weight is 490 g/mol. The predicted octanol–water partition coefficient (Wildman–Crippen LogP) is 4.46. The SMILES string of the molecule is CC(C)c1ccc(C(NC(=O)c2cc(S(=O)(=O)N3CCSCC3)c[nH]2)c2cccs2)cc1. The first-order chi connectivity index (χ1) is 15.4. The van der Waals surface area contributed by atoms with Crippen LogP contribution >= 0.6 is 23.1 Å². The summed E-state index contributed by atoms with van der Waals surface area (Å²) < 4.78 is 27.3. The highest BCUT2D eigenvalue weighted by molar-refractivity contribution is 7.99. The molecule has 3 heterocycles. The number of benzene rings is 1. The Morgan fingerprint density at radius 1 is 1.09 bits per heavy atom. The fourth-order valence-corrected chi connectivity index (χ4v) is 7.02. The number of aromatic amines is 1. The number of thioether (sulfide) groups is 1. The number of amides is 1. The van der Waals surface area contributed by atoms with Gasteiger partial charge in [-0.05, 0) is 34.6 Å². The summed E-state index contributed by atoms with van der Waals surface area (Å²) in [5, 5.41) is 5.05. The Morgan fingerprint density at radius 2 is 1.78 bits per heavy atom. The van der Waals surface area contributed by atoms with Gasteiger partial charge < -0.3 is 10.3 Å². The minimum Gasteiger partial charge on any atom is -0.356 e. The van der Waals surface area contributed by atoms with Crippen LogP contribution in [0.1, 0.15) is 52.3 Å². The lowest BCUT2D eigenvalue weighted by atomic mass is 9.98. The van der Waals surface area contributed by atoms with E-state index in [0.29, 0.717) is 19.0 Å². The first-order valence-corrected chi connectivity index (χ1v) is 14.0. The number of nitrogens with zero attached hydrogens (tertiary/aromatic N) is 1. The highest BCUT2D eigenvalue weighted by atomic mass is 32.2. The Bertz CT molecular complexity index is 1150. The molecule has 1 amide bonds. The Balaban J connectivity index is 1.55. The minimum atomic E-state index is -3.60. The first kappa shape index (κ1) is 23.1. The van der Waals surface area contributed by atoms with Crippen LogP contribution in [0.5, 0.6) is 0 Å². The molecule has 0 radical (unpaired) electrons. The van der Waals surface area contributed by atoms with Crippen molar-refractivity contribution in [2.75, 3.05) is 24.6 Å². The number of hydrogen-bond donors (Lipinski definition) is 2. The zero-order chi connectivity index (χ0) is 22.7. The molecule has 1 atom stereocenters. The summed E-state index contributed by atoms with van der Waals surface area (Å²) in [4.78, 5) is 17.1. The number of aromatic nitrogens is 1. The summed E-state index contributed by atoms with van der Waals surface area (Å²) in [7, 11) is -3.60. The van der Waals surface area contributed by atoms with Gasteiger partial charge in [0.2, 0.25) is 10.0 Å². The molecule has 1 aliphatic rings. The van der Waals surface area contributed by atoms with Crippen LogP contribution in [0.25, 0.3) is 0 Å². The van der Waals surface area contributed by atoms with Crippen LogP contribution in [-0.2, 0) is 10.0 Å². The van der Waals surface area contributed by atoms with Gasteiger partial charge in [0.15, 0.2) is 0 Å². The molecule has 32 heavy (non-hydrogen) atoms. The molecule has 1 aromatic carbocycles. The number of hydrogen-bond acceptors (Lipinski definition) is 5. The van der Waals surface area contributed by atoms with Crippen LogP contribution in [0.4, 0.5) is 0 Å². The maximum absolute atomic E-state index is 13.1. The lowest BCUT2D eigenvalue weighted by Crippen LogP contribution is -2.37. The van der Waals surface area contributed by atoms with Crippen molar-refractivity contribution in [1.82, 2.24) is 14.6 Å². The van der Waals surface area contributed by atoms with E-state index in [2.05, 4.69) is 36.3 Å². The predicted molar refractivity (Wildman–Crippen MR) is 131 cm³/mol. The summed E-state index contributed by atoms with van der Waals surface area (Å²) in [6.45, 7) is 5.28. The summed E-state index contributed by atoms with van der Waals surface area (Å²) in [6.07, 6.45) is 1.41. The second-order valence-electron chi connectivity index (χ2n) is 8.01. The van der Waals surface area contributed by atoms with Crippen LogP contribution in [0.2, 0.25) is 0 Å². The third kappa shape index (κ3) is 4.96. The molecule has 1 unspecified atom stereocenters. The van der Waals surface area contributed by atoms with Gasteiger partial charge in [0.05, 0.1) is 6.04 Å². The van der Waals surface area contributed by atoms with Crippen LogP contribution < -0.4 is 5.32 Å². The molecule has 1 aliphatic heterocycles. The van der Waals surface area contributed by atoms with E-state index in [4.69, 9.17) is 0 Å². The highest BCUT2D eigenvalue weighted by Gasteiger charge is 2.28. The zero-order valence-electron chi connectivity index (χ0n) is 18.1. The summed E-state index contributed by atoms with van der Waals surface area (Å²) in [6, 6.07) is 13.3. The lowest BCUT2D eigenvalue weighted by molar-refractivity contribution is 0.0939.